The van der Waals surface area contributed by atoms with Crippen LogP contribution in [-0.4, -0.2) is 54.8 Å². The number of nitrogens with zero attached hydrogens (tertiary/aromatic N) is 4. The van der Waals surface area contributed by atoms with Crippen molar-refractivity contribution in [1.29, 1.82) is 0 Å². The number of nitrogens with one attached hydrogen (secondary N) is 2. The highest BCUT2D eigenvalue weighted by molar-refractivity contribution is 5.80. The van der Waals surface area contributed by atoms with E-state index in [-0.39, 0.29) is 11.9 Å². The molecule has 0 amide bonds. The van der Waals surface area contributed by atoms with Gasteiger partial charge >= 0.3 is 0 Å². The molecule has 0 radical (unpaired) electrons. The summed E-state index contributed by atoms with van der Waals surface area (Å²) in [4.78, 5) is 14.7. The fourth-order valence-electron chi connectivity index (χ4n) is 2.95. The Morgan fingerprint density at radius 2 is 2.26 bits per heavy atom. The van der Waals surface area contributed by atoms with Crippen molar-refractivity contribution >= 4 is 11.8 Å². The normalized spacial score (nSPS) is 17.0. The number of halogens is 1. The first kappa shape index (κ1) is 18.9. The van der Waals surface area contributed by atoms with Crippen molar-refractivity contribution in [2.75, 3.05) is 37.7 Å². The second-order valence-electron chi connectivity index (χ2n) is 6.18. The van der Waals surface area contributed by atoms with Crippen molar-refractivity contribution in [3.63, 3.8) is 0 Å². The third-order valence-electron chi connectivity index (χ3n) is 4.18. The molecule has 1 atom stereocenters. The summed E-state index contributed by atoms with van der Waals surface area (Å²) in [6.07, 6.45) is 5.90. The first-order chi connectivity index (χ1) is 13.3. The predicted octanol–water partition coefficient (Wildman–Crippen LogP) is 1.83. The van der Waals surface area contributed by atoms with Gasteiger partial charge in [0.05, 0.1) is 12.7 Å². The largest absolute Gasteiger partial charge is 0.490 e. The Balaban J connectivity index is 1.49. The van der Waals surface area contributed by atoms with E-state index < -0.39 is 0 Å². The number of ether oxygens (including phenoxy) is 1. The van der Waals surface area contributed by atoms with Crippen LogP contribution in [0.25, 0.3) is 0 Å². The van der Waals surface area contributed by atoms with Crippen LogP contribution < -0.4 is 20.3 Å². The molecule has 1 fully saturated rings. The third-order valence-corrected chi connectivity index (χ3v) is 4.18. The molecule has 1 saturated heterocycles. The average Bonchev–Trinajstić information content (AvgIpc) is 3.15. The second kappa shape index (κ2) is 9.70. The zero-order valence-electron chi connectivity index (χ0n) is 15.4. The lowest BCUT2D eigenvalue weighted by molar-refractivity contribution is 0.327. The smallest absolute Gasteiger partial charge is 0.191 e. The summed E-state index contributed by atoms with van der Waals surface area (Å²) < 4.78 is 19.5. The molecule has 0 spiro atoms. The highest BCUT2D eigenvalue weighted by Gasteiger charge is 2.25. The summed E-state index contributed by atoms with van der Waals surface area (Å²) in [6.45, 7) is 5.22. The fourth-order valence-corrected chi connectivity index (χ4v) is 2.95. The molecule has 3 heterocycles. The van der Waals surface area contributed by atoms with E-state index >= 15 is 0 Å². The zero-order valence-corrected chi connectivity index (χ0v) is 15.4. The minimum atomic E-state index is -0.286. The summed E-state index contributed by atoms with van der Waals surface area (Å²) in [6, 6.07) is 6.93. The molecule has 2 aromatic heterocycles. The molecular formula is C19H25FN6O. The van der Waals surface area contributed by atoms with Crippen molar-refractivity contribution in [3.05, 3.63) is 48.7 Å². The van der Waals surface area contributed by atoms with Gasteiger partial charge in [-0.1, -0.05) is 0 Å². The van der Waals surface area contributed by atoms with E-state index in [0.717, 1.165) is 31.2 Å². The molecule has 2 N–H and O–H groups in total. The van der Waals surface area contributed by atoms with E-state index in [4.69, 9.17) is 4.74 Å². The van der Waals surface area contributed by atoms with Crippen LogP contribution in [0.5, 0.6) is 5.75 Å². The van der Waals surface area contributed by atoms with Gasteiger partial charge in [-0.25, -0.2) is 14.4 Å². The van der Waals surface area contributed by atoms with Crippen LogP contribution in [0.1, 0.15) is 13.3 Å². The van der Waals surface area contributed by atoms with E-state index in [9.17, 15) is 4.39 Å². The SMILES string of the molecule is CCNC(=NCCOc1cccnc1)NC1CCN(c2ncccc2F)C1. The third kappa shape index (κ3) is 5.54. The van der Waals surface area contributed by atoms with Crippen molar-refractivity contribution in [1.82, 2.24) is 20.6 Å². The number of guanidine groups is 1. The van der Waals surface area contributed by atoms with E-state index in [1.165, 1.54) is 6.07 Å². The summed E-state index contributed by atoms with van der Waals surface area (Å²) in [5.74, 6) is 1.59. The Morgan fingerprint density at radius 3 is 3.04 bits per heavy atom. The van der Waals surface area contributed by atoms with Gasteiger partial charge in [0.15, 0.2) is 17.6 Å². The van der Waals surface area contributed by atoms with Crippen LogP contribution >= 0.6 is 0 Å². The molecule has 0 aromatic carbocycles. The molecule has 3 rings (SSSR count). The molecule has 1 unspecified atom stereocenters. The van der Waals surface area contributed by atoms with Crippen molar-refractivity contribution in [2.24, 2.45) is 4.99 Å². The lowest BCUT2D eigenvalue weighted by atomic mass is 10.3. The average molecular weight is 372 g/mol. The Bertz CT molecular complexity index is 742. The lowest BCUT2D eigenvalue weighted by Crippen LogP contribution is -2.45. The first-order valence-electron chi connectivity index (χ1n) is 9.19. The lowest BCUT2D eigenvalue weighted by Gasteiger charge is -2.20. The molecule has 1 aliphatic heterocycles. The number of hydrogen-bond donors (Lipinski definition) is 2. The quantitative estimate of drug-likeness (QED) is 0.439. The van der Waals surface area contributed by atoms with Gasteiger partial charge in [0.25, 0.3) is 0 Å². The van der Waals surface area contributed by atoms with Crippen molar-refractivity contribution < 1.29 is 9.13 Å². The fraction of sp³-hybridized carbons (Fsp3) is 0.421. The minimum absolute atomic E-state index is 0.184. The van der Waals surface area contributed by atoms with Crippen LogP contribution in [0.2, 0.25) is 0 Å². The highest BCUT2D eigenvalue weighted by atomic mass is 19.1. The molecule has 1 aliphatic rings. The van der Waals surface area contributed by atoms with Gasteiger partial charge in [-0.2, -0.15) is 0 Å². The molecule has 8 heteroatoms. The van der Waals surface area contributed by atoms with Crippen LogP contribution in [0.4, 0.5) is 10.2 Å². The summed E-state index contributed by atoms with van der Waals surface area (Å²) >= 11 is 0. The topological polar surface area (TPSA) is 74.7 Å². The molecular weight excluding hydrogens is 347 g/mol. The summed E-state index contributed by atoms with van der Waals surface area (Å²) in [7, 11) is 0. The maximum atomic E-state index is 13.9. The summed E-state index contributed by atoms with van der Waals surface area (Å²) in [5.41, 5.74) is 0. The monoisotopic (exact) mass is 372 g/mol. The van der Waals surface area contributed by atoms with Gasteiger partial charge in [0.1, 0.15) is 12.4 Å². The maximum absolute atomic E-state index is 13.9. The highest BCUT2D eigenvalue weighted by Crippen LogP contribution is 2.20. The molecule has 2 aromatic rings. The second-order valence-corrected chi connectivity index (χ2v) is 6.18. The Labute approximate surface area is 158 Å². The molecule has 27 heavy (non-hydrogen) atoms. The Kier molecular flexibility index (Phi) is 6.78. The first-order valence-corrected chi connectivity index (χ1v) is 9.19. The standard InChI is InChI=1S/C19H25FN6O/c1-2-22-19(24-10-12-27-16-5-3-8-21-13-16)25-15-7-11-26(14-15)18-17(20)6-4-9-23-18/h3-6,8-9,13,15H,2,7,10-12,14H2,1H3,(H2,22,24,25). The van der Waals surface area contributed by atoms with Crippen molar-refractivity contribution in [3.8, 4) is 5.75 Å². The van der Waals surface area contributed by atoms with E-state index in [2.05, 4.69) is 25.6 Å². The van der Waals surface area contributed by atoms with Gasteiger partial charge in [-0.3, -0.25) is 4.98 Å². The van der Waals surface area contributed by atoms with Crippen LogP contribution in [0.3, 0.4) is 0 Å². The van der Waals surface area contributed by atoms with Gasteiger partial charge in [0.2, 0.25) is 0 Å². The Morgan fingerprint density at radius 1 is 1.37 bits per heavy atom. The molecule has 144 valence electrons. The van der Waals surface area contributed by atoms with Gasteiger partial charge in [-0.05, 0) is 37.6 Å². The molecule has 7 nitrogen and oxygen atoms in total. The van der Waals surface area contributed by atoms with Crippen molar-refractivity contribution in [2.45, 2.75) is 19.4 Å². The maximum Gasteiger partial charge on any atom is 0.191 e. The number of aliphatic imine (C=N–C) groups is 1. The number of pyridine rings is 2. The number of rotatable bonds is 7. The summed E-state index contributed by atoms with van der Waals surface area (Å²) in [5, 5.41) is 6.65. The number of aromatic nitrogens is 2. The van der Waals surface area contributed by atoms with E-state index in [1.54, 1.807) is 24.7 Å². The van der Waals surface area contributed by atoms with E-state index in [0.29, 0.717) is 25.5 Å². The Hall–Kier alpha value is -2.90. The number of hydrogen-bond acceptors (Lipinski definition) is 5. The molecule has 0 aliphatic carbocycles. The van der Waals surface area contributed by atoms with Crippen LogP contribution in [0, 0.1) is 5.82 Å². The van der Waals surface area contributed by atoms with Gasteiger partial charge < -0.3 is 20.3 Å². The van der Waals surface area contributed by atoms with Gasteiger partial charge in [-0.15, -0.1) is 0 Å². The molecule has 0 saturated carbocycles. The molecule has 0 bridgehead atoms. The number of anilines is 1. The van der Waals surface area contributed by atoms with E-state index in [1.807, 2.05) is 24.0 Å². The predicted molar refractivity (Wildman–Crippen MR) is 104 cm³/mol. The van der Waals surface area contributed by atoms with Gasteiger partial charge in [0, 0.05) is 38.1 Å². The van der Waals surface area contributed by atoms with Crippen LogP contribution in [-0.2, 0) is 0 Å². The van der Waals surface area contributed by atoms with Crippen LogP contribution in [0.15, 0.2) is 47.8 Å². The minimum Gasteiger partial charge on any atom is -0.490 e. The zero-order chi connectivity index (χ0) is 18.9.